The van der Waals surface area contributed by atoms with E-state index in [1.54, 1.807) is 4.90 Å². The van der Waals surface area contributed by atoms with Gasteiger partial charge in [-0.25, -0.2) is 4.79 Å². The molecule has 0 unspecified atom stereocenters. The molecule has 0 atom stereocenters. The molecule has 24 heavy (non-hydrogen) atoms. The first-order chi connectivity index (χ1) is 11.1. The van der Waals surface area contributed by atoms with Crippen molar-refractivity contribution in [3.63, 3.8) is 0 Å². The van der Waals surface area contributed by atoms with E-state index >= 15 is 0 Å². The van der Waals surface area contributed by atoms with Crippen molar-refractivity contribution in [3.05, 3.63) is 69.0 Å². The molecule has 7 nitrogen and oxygen atoms in total. The van der Waals surface area contributed by atoms with Crippen LogP contribution in [0.25, 0.3) is 0 Å². The summed E-state index contributed by atoms with van der Waals surface area (Å²) in [5.74, 6) is -0.198. The van der Waals surface area contributed by atoms with Gasteiger partial charge in [0.25, 0.3) is 5.56 Å². The molecule has 0 saturated heterocycles. The van der Waals surface area contributed by atoms with Crippen LogP contribution in [0, 0.1) is 0 Å². The van der Waals surface area contributed by atoms with Crippen LogP contribution < -0.4 is 17.0 Å². The molecule has 0 saturated carbocycles. The SMILES string of the molecule is Cl.NCCCN(Cc1ccccc1)C(=O)Cn1ccc(=O)[nH]c1=O. The molecule has 0 aliphatic rings. The highest BCUT2D eigenvalue weighted by atomic mass is 35.5. The standard InChI is InChI=1S/C16H20N4O3.ClH/c17-8-4-9-19(11-13-5-2-1-3-6-13)15(22)12-20-10-7-14(21)18-16(20)23;/h1-3,5-7,10H,4,8-9,11-12,17H2,(H,18,21,23);1H. The lowest BCUT2D eigenvalue weighted by Crippen LogP contribution is -2.38. The lowest BCUT2D eigenvalue weighted by molar-refractivity contribution is -0.132. The Morgan fingerprint density at radius 1 is 1.17 bits per heavy atom. The van der Waals surface area contributed by atoms with E-state index in [4.69, 9.17) is 5.73 Å². The number of hydrogen-bond donors (Lipinski definition) is 2. The quantitative estimate of drug-likeness (QED) is 0.750. The van der Waals surface area contributed by atoms with Crippen molar-refractivity contribution in [1.82, 2.24) is 14.5 Å². The third-order valence-corrected chi connectivity index (χ3v) is 3.40. The molecule has 0 aliphatic heterocycles. The van der Waals surface area contributed by atoms with Crippen LogP contribution in [0.2, 0.25) is 0 Å². The highest BCUT2D eigenvalue weighted by molar-refractivity contribution is 5.85. The van der Waals surface area contributed by atoms with Gasteiger partial charge in [-0.05, 0) is 18.5 Å². The van der Waals surface area contributed by atoms with Crippen LogP contribution in [0.5, 0.6) is 0 Å². The van der Waals surface area contributed by atoms with Gasteiger partial charge in [0.05, 0.1) is 0 Å². The third kappa shape index (κ3) is 5.68. The normalized spacial score (nSPS) is 10.0. The summed E-state index contributed by atoms with van der Waals surface area (Å²) in [6.45, 7) is 1.34. The molecule has 130 valence electrons. The van der Waals surface area contributed by atoms with Crippen molar-refractivity contribution >= 4 is 18.3 Å². The molecule has 1 amide bonds. The maximum absolute atomic E-state index is 12.5. The van der Waals surface area contributed by atoms with Gasteiger partial charge in [-0.15, -0.1) is 12.4 Å². The molecular formula is C16H21ClN4O3. The Bertz CT molecular complexity index is 758. The number of hydrogen-bond acceptors (Lipinski definition) is 4. The Morgan fingerprint density at radius 2 is 1.88 bits per heavy atom. The molecule has 2 rings (SSSR count). The second-order valence-electron chi connectivity index (χ2n) is 5.18. The number of aromatic amines is 1. The summed E-state index contributed by atoms with van der Waals surface area (Å²) in [5.41, 5.74) is 5.46. The van der Waals surface area contributed by atoms with E-state index in [2.05, 4.69) is 4.98 Å². The van der Waals surface area contributed by atoms with Crippen LogP contribution in [0.3, 0.4) is 0 Å². The van der Waals surface area contributed by atoms with Gasteiger partial charge in [-0.2, -0.15) is 0 Å². The highest BCUT2D eigenvalue weighted by Gasteiger charge is 2.15. The minimum atomic E-state index is -0.593. The van der Waals surface area contributed by atoms with Crippen LogP contribution >= 0.6 is 12.4 Å². The van der Waals surface area contributed by atoms with Crippen molar-refractivity contribution in [3.8, 4) is 0 Å². The Balaban J connectivity index is 0.00000288. The van der Waals surface area contributed by atoms with Crippen LogP contribution in [0.4, 0.5) is 0 Å². The van der Waals surface area contributed by atoms with Crippen LogP contribution in [0.1, 0.15) is 12.0 Å². The van der Waals surface area contributed by atoms with Crippen molar-refractivity contribution in [2.24, 2.45) is 5.73 Å². The summed E-state index contributed by atoms with van der Waals surface area (Å²) < 4.78 is 1.18. The fourth-order valence-corrected chi connectivity index (χ4v) is 2.19. The number of rotatable bonds is 7. The predicted molar refractivity (Wildman–Crippen MR) is 94.1 cm³/mol. The Hall–Kier alpha value is -2.38. The summed E-state index contributed by atoms with van der Waals surface area (Å²) in [5, 5.41) is 0. The van der Waals surface area contributed by atoms with E-state index in [1.165, 1.54) is 16.8 Å². The molecular weight excluding hydrogens is 332 g/mol. The fourth-order valence-electron chi connectivity index (χ4n) is 2.19. The Kier molecular flexibility index (Phi) is 7.94. The third-order valence-electron chi connectivity index (χ3n) is 3.40. The number of H-pyrrole nitrogens is 1. The minimum Gasteiger partial charge on any atom is -0.337 e. The molecule has 3 N–H and O–H groups in total. The summed E-state index contributed by atoms with van der Waals surface area (Å²) in [6, 6.07) is 10.8. The zero-order valence-electron chi connectivity index (χ0n) is 13.2. The van der Waals surface area contributed by atoms with E-state index in [1.807, 2.05) is 30.3 Å². The van der Waals surface area contributed by atoms with Crippen molar-refractivity contribution in [2.75, 3.05) is 13.1 Å². The molecule has 0 fully saturated rings. The first kappa shape index (κ1) is 19.7. The minimum absolute atomic E-state index is 0. The smallest absolute Gasteiger partial charge is 0.328 e. The summed E-state index contributed by atoms with van der Waals surface area (Å²) in [6.07, 6.45) is 2.00. The lowest BCUT2D eigenvalue weighted by atomic mass is 10.2. The Labute approximate surface area is 145 Å². The van der Waals surface area contributed by atoms with Gasteiger partial charge in [-0.3, -0.25) is 19.1 Å². The van der Waals surface area contributed by atoms with E-state index in [-0.39, 0.29) is 24.9 Å². The monoisotopic (exact) mass is 352 g/mol. The molecule has 1 aromatic heterocycles. The molecule has 8 heteroatoms. The summed E-state index contributed by atoms with van der Waals surface area (Å²) in [4.78, 5) is 39.1. The zero-order chi connectivity index (χ0) is 16.7. The number of carbonyl (C=O) groups excluding carboxylic acids is 1. The van der Waals surface area contributed by atoms with Gasteiger partial charge in [-0.1, -0.05) is 30.3 Å². The highest BCUT2D eigenvalue weighted by Crippen LogP contribution is 2.06. The van der Waals surface area contributed by atoms with E-state index < -0.39 is 11.2 Å². The first-order valence-electron chi connectivity index (χ1n) is 7.41. The lowest BCUT2D eigenvalue weighted by Gasteiger charge is -2.23. The molecule has 0 aliphatic carbocycles. The molecule has 0 radical (unpaired) electrons. The van der Waals surface area contributed by atoms with Gasteiger partial charge >= 0.3 is 5.69 Å². The molecule has 2 aromatic rings. The summed E-state index contributed by atoms with van der Waals surface area (Å²) in [7, 11) is 0. The maximum Gasteiger partial charge on any atom is 0.328 e. The van der Waals surface area contributed by atoms with E-state index in [9.17, 15) is 14.4 Å². The van der Waals surface area contributed by atoms with Crippen molar-refractivity contribution in [2.45, 2.75) is 19.5 Å². The maximum atomic E-state index is 12.5. The molecule has 1 aromatic carbocycles. The number of carbonyl (C=O) groups is 1. The van der Waals surface area contributed by atoms with Gasteiger partial charge in [0, 0.05) is 25.4 Å². The number of nitrogens with two attached hydrogens (primary N) is 1. The molecule has 0 bridgehead atoms. The number of benzene rings is 1. The topological polar surface area (TPSA) is 101 Å². The zero-order valence-corrected chi connectivity index (χ0v) is 14.0. The second-order valence-corrected chi connectivity index (χ2v) is 5.18. The average molecular weight is 353 g/mol. The summed E-state index contributed by atoms with van der Waals surface area (Å²) >= 11 is 0. The largest absolute Gasteiger partial charge is 0.337 e. The first-order valence-corrected chi connectivity index (χ1v) is 7.41. The average Bonchev–Trinajstić information content (AvgIpc) is 2.55. The van der Waals surface area contributed by atoms with Crippen molar-refractivity contribution in [1.29, 1.82) is 0 Å². The van der Waals surface area contributed by atoms with E-state index in [0.717, 1.165) is 5.56 Å². The number of nitrogens with zero attached hydrogens (tertiary/aromatic N) is 2. The van der Waals surface area contributed by atoms with Gasteiger partial charge in [0.15, 0.2) is 0 Å². The number of aromatic nitrogens is 2. The van der Waals surface area contributed by atoms with E-state index in [0.29, 0.717) is 26.1 Å². The van der Waals surface area contributed by atoms with Crippen LogP contribution in [0.15, 0.2) is 52.2 Å². The molecule has 1 heterocycles. The van der Waals surface area contributed by atoms with Gasteiger partial charge in [0.1, 0.15) is 6.54 Å². The van der Waals surface area contributed by atoms with Gasteiger partial charge < -0.3 is 10.6 Å². The second kappa shape index (κ2) is 9.69. The van der Waals surface area contributed by atoms with Crippen molar-refractivity contribution < 1.29 is 4.79 Å². The van der Waals surface area contributed by atoms with Crippen LogP contribution in [-0.4, -0.2) is 33.4 Å². The fraction of sp³-hybridized carbons (Fsp3) is 0.312. The predicted octanol–water partition coefficient (Wildman–Crippen LogP) is 0.336. The number of amides is 1. The number of nitrogens with one attached hydrogen (secondary N) is 1. The van der Waals surface area contributed by atoms with Crippen LogP contribution in [-0.2, 0) is 17.9 Å². The Morgan fingerprint density at radius 3 is 2.50 bits per heavy atom. The number of halogens is 1. The molecule has 0 spiro atoms. The van der Waals surface area contributed by atoms with Gasteiger partial charge in [0.2, 0.25) is 5.91 Å².